The number of aromatic amines is 1. The van der Waals surface area contributed by atoms with Crippen LogP contribution in [0.1, 0.15) is 10.4 Å². The third kappa shape index (κ3) is 3.28. The van der Waals surface area contributed by atoms with Crippen LogP contribution in [0.4, 0.5) is 10.1 Å². The number of fused-ring (bicyclic) bond motifs is 1. The maximum Gasteiger partial charge on any atom is 0.178 e. The molecule has 4 rings (SSSR count). The molecule has 3 aromatic rings. The van der Waals surface area contributed by atoms with E-state index in [0.717, 1.165) is 31.7 Å². The molecule has 1 fully saturated rings. The van der Waals surface area contributed by atoms with Crippen LogP contribution in [-0.4, -0.2) is 48.4 Å². The van der Waals surface area contributed by atoms with E-state index in [2.05, 4.69) is 26.9 Å². The molecule has 1 aromatic heterocycles. The number of carbonyl (C=O) groups is 1. The molecule has 25 heavy (non-hydrogen) atoms. The Labute approximate surface area is 145 Å². The van der Waals surface area contributed by atoms with E-state index < -0.39 is 0 Å². The summed E-state index contributed by atoms with van der Waals surface area (Å²) in [7, 11) is 0. The minimum Gasteiger partial charge on any atom is -0.369 e. The van der Waals surface area contributed by atoms with E-state index in [9.17, 15) is 9.18 Å². The third-order valence-electron chi connectivity index (χ3n) is 4.81. The highest BCUT2D eigenvalue weighted by atomic mass is 19.1. The minimum atomic E-state index is -0.322. The number of hydrogen-bond donors (Lipinski definition) is 1. The number of benzene rings is 2. The van der Waals surface area contributed by atoms with Crippen LogP contribution in [0.2, 0.25) is 0 Å². The number of nitrogens with zero attached hydrogens (tertiary/aromatic N) is 2. The molecule has 0 unspecified atom stereocenters. The smallest absolute Gasteiger partial charge is 0.178 e. The summed E-state index contributed by atoms with van der Waals surface area (Å²) >= 11 is 0. The highest BCUT2D eigenvalue weighted by Crippen LogP contribution is 2.21. The first-order valence-corrected chi connectivity index (χ1v) is 8.53. The van der Waals surface area contributed by atoms with Crippen molar-refractivity contribution in [1.82, 2.24) is 9.88 Å². The van der Waals surface area contributed by atoms with Gasteiger partial charge in [-0.25, -0.2) is 4.39 Å². The number of nitrogens with one attached hydrogen (secondary N) is 1. The van der Waals surface area contributed by atoms with Gasteiger partial charge in [0.25, 0.3) is 0 Å². The summed E-state index contributed by atoms with van der Waals surface area (Å²) in [6.45, 7) is 3.86. The van der Waals surface area contributed by atoms with Gasteiger partial charge < -0.3 is 9.88 Å². The second kappa shape index (κ2) is 6.69. The summed E-state index contributed by atoms with van der Waals surface area (Å²) in [6.07, 6.45) is 1.69. The first-order chi connectivity index (χ1) is 12.2. The average Bonchev–Trinajstić information content (AvgIpc) is 3.06. The van der Waals surface area contributed by atoms with E-state index in [1.807, 2.05) is 18.2 Å². The van der Waals surface area contributed by atoms with Crippen molar-refractivity contribution < 1.29 is 9.18 Å². The van der Waals surface area contributed by atoms with Crippen LogP contribution in [0, 0.1) is 5.82 Å². The molecule has 2 aromatic carbocycles. The predicted octanol–water partition coefficient (Wildman–Crippen LogP) is 3.31. The molecule has 0 bridgehead atoms. The number of ketones is 1. The van der Waals surface area contributed by atoms with Crippen LogP contribution < -0.4 is 4.90 Å². The summed E-state index contributed by atoms with van der Waals surface area (Å²) in [5, 5.41) is 0.660. The van der Waals surface area contributed by atoms with Gasteiger partial charge in [0.15, 0.2) is 5.78 Å². The zero-order valence-electron chi connectivity index (χ0n) is 13.9. The number of halogens is 1. The Balaban J connectivity index is 1.41. The Kier molecular flexibility index (Phi) is 4.24. The van der Waals surface area contributed by atoms with Crippen LogP contribution in [0.5, 0.6) is 0 Å². The summed E-state index contributed by atoms with van der Waals surface area (Å²) in [5.41, 5.74) is 2.58. The van der Waals surface area contributed by atoms with Gasteiger partial charge in [0.2, 0.25) is 0 Å². The monoisotopic (exact) mass is 337 g/mol. The largest absolute Gasteiger partial charge is 0.369 e. The zero-order chi connectivity index (χ0) is 17.2. The van der Waals surface area contributed by atoms with Crippen LogP contribution in [-0.2, 0) is 0 Å². The Morgan fingerprint density at radius 1 is 1.04 bits per heavy atom. The molecule has 1 saturated heterocycles. The van der Waals surface area contributed by atoms with Gasteiger partial charge in [0.1, 0.15) is 5.82 Å². The maximum absolute atomic E-state index is 13.5. The van der Waals surface area contributed by atoms with Gasteiger partial charge in [-0.3, -0.25) is 9.69 Å². The first kappa shape index (κ1) is 15.8. The van der Waals surface area contributed by atoms with Gasteiger partial charge in [0, 0.05) is 54.5 Å². The van der Waals surface area contributed by atoms with Crippen molar-refractivity contribution >= 4 is 22.4 Å². The summed E-state index contributed by atoms with van der Waals surface area (Å²) in [4.78, 5) is 20.2. The summed E-state index contributed by atoms with van der Waals surface area (Å²) < 4.78 is 13.5. The molecule has 5 heteroatoms. The van der Waals surface area contributed by atoms with Crippen LogP contribution in [0.15, 0.2) is 54.7 Å². The van der Waals surface area contributed by atoms with Crippen molar-refractivity contribution in [2.75, 3.05) is 37.6 Å². The normalized spacial score (nSPS) is 15.6. The highest BCUT2D eigenvalue weighted by molar-refractivity contribution is 6.08. The van der Waals surface area contributed by atoms with Crippen LogP contribution >= 0.6 is 0 Å². The van der Waals surface area contributed by atoms with Crippen molar-refractivity contribution in [3.05, 3.63) is 66.1 Å². The van der Waals surface area contributed by atoms with Gasteiger partial charge >= 0.3 is 0 Å². The minimum absolute atomic E-state index is 0.0324. The number of para-hydroxylation sites is 1. The summed E-state index contributed by atoms with van der Waals surface area (Å²) in [6, 6.07) is 14.8. The molecule has 0 saturated carbocycles. The second-order valence-electron chi connectivity index (χ2n) is 6.41. The quantitative estimate of drug-likeness (QED) is 0.743. The van der Waals surface area contributed by atoms with Crippen molar-refractivity contribution in [3.8, 4) is 0 Å². The van der Waals surface area contributed by atoms with E-state index in [0.29, 0.717) is 17.5 Å². The number of piperazine rings is 1. The number of carbonyl (C=O) groups excluding carboxylic acids is 1. The van der Waals surface area contributed by atoms with Gasteiger partial charge in [-0.2, -0.15) is 0 Å². The predicted molar refractivity (Wildman–Crippen MR) is 97.7 cm³/mol. The number of hydrogen-bond acceptors (Lipinski definition) is 3. The Morgan fingerprint density at radius 3 is 2.56 bits per heavy atom. The lowest BCUT2D eigenvalue weighted by atomic mass is 10.1. The first-order valence-electron chi connectivity index (χ1n) is 8.53. The standard InChI is InChI=1S/C20H20FN3O/c21-15-6-7-19-17(12-15)18(13-22-19)20(25)14-23-8-10-24(11-9-23)16-4-2-1-3-5-16/h1-7,12-13,22H,8-11,14H2. The Bertz CT molecular complexity index is 882. The molecule has 2 heterocycles. The average molecular weight is 337 g/mol. The maximum atomic E-state index is 13.5. The molecule has 0 amide bonds. The third-order valence-corrected chi connectivity index (χ3v) is 4.81. The van der Waals surface area contributed by atoms with E-state index in [1.165, 1.54) is 17.8 Å². The fraction of sp³-hybridized carbons (Fsp3) is 0.250. The molecule has 0 aliphatic carbocycles. The van der Waals surface area contributed by atoms with E-state index in [-0.39, 0.29) is 11.6 Å². The Hall–Kier alpha value is -2.66. The molecule has 0 radical (unpaired) electrons. The van der Waals surface area contributed by atoms with Gasteiger partial charge in [-0.05, 0) is 30.3 Å². The molecule has 1 aliphatic heterocycles. The zero-order valence-corrected chi connectivity index (χ0v) is 13.9. The molecule has 128 valence electrons. The SMILES string of the molecule is O=C(CN1CCN(c2ccccc2)CC1)c1c[nH]c2ccc(F)cc12. The van der Waals surface area contributed by atoms with E-state index in [4.69, 9.17) is 0 Å². The van der Waals surface area contributed by atoms with Gasteiger partial charge in [-0.1, -0.05) is 18.2 Å². The van der Waals surface area contributed by atoms with Gasteiger partial charge in [-0.15, -0.1) is 0 Å². The van der Waals surface area contributed by atoms with Crippen molar-refractivity contribution in [2.24, 2.45) is 0 Å². The number of aromatic nitrogens is 1. The van der Waals surface area contributed by atoms with Gasteiger partial charge in [0.05, 0.1) is 6.54 Å². The fourth-order valence-electron chi connectivity index (χ4n) is 3.41. The van der Waals surface area contributed by atoms with Crippen molar-refractivity contribution in [2.45, 2.75) is 0 Å². The lowest BCUT2D eigenvalue weighted by Gasteiger charge is -2.35. The lowest BCUT2D eigenvalue weighted by molar-refractivity contribution is 0.0928. The Morgan fingerprint density at radius 2 is 1.80 bits per heavy atom. The molecule has 0 atom stereocenters. The fourth-order valence-corrected chi connectivity index (χ4v) is 3.41. The van der Waals surface area contributed by atoms with Crippen LogP contribution in [0.3, 0.4) is 0 Å². The molecular formula is C20H20FN3O. The van der Waals surface area contributed by atoms with Crippen molar-refractivity contribution in [1.29, 1.82) is 0 Å². The number of rotatable bonds is 4. The van der Waals surface area contributed by atoms with E-state index >= 15 is 0 Å². The molecule has 1 N–H and O–H groups in total. The molecule has 1 aliphatic rings. The number of Topliss-reactive ketones (excluding diaryl/α,β-unsaturated/α-hetero) is 1. The van der Waals surface area contributed by atoms with E-state index in [1.54, 1.807) is 12.3 Å². The topological polar surface area (TPSA) is 39.3 Å². The lowest BCUT2D eigenvalue weighted by Crippen LogP contribution is -2.48. The molecule has 4 nitrogen and oxygen atoms in total. The van der Waals surface area contributed by atoms with Crippen LogP contribution in [0.25, 0.3) is 10.9 Å². The van der Waals surface area contributed by atoms with Crippen molar-refractivity contribution in [3.63, 3.8) is 0 Å². The molecular weight excluding hydrogens is 317 g/mol. The molecule has 0 spiro atoms. The number of anilines is 1. The number of H-pyrrole nitrogens is 1. The highest BCUT2D eigenvalue weighted by Gasteiger charge is 2.21. The second-order valence-corrected chi connectivity index (χ2v) is 6.41. The summed E-state index contributed by atoms with van der Waals surface area (Å²) in [5.74, 6) is -0.289.